The Labute approximate surface area is 106 Å². The Hall–Kier alpha value is -1.48. The van der Waals surface area contributed by atoms with Gasteiger partial charge in [0.05, 0.1) is 7.11 Å². The lowest BCUT2D eigenvalue weighted by molar-refractivity contribution is 0.129. The third-order valence-corrected chi connectivity index (χ3v) is 3.65. The van der Waals surface area contributed by atoms with Gasteiger partial charge in [0.2, 0.25) is 0 Å². The van der Waals surface area contributed by atoms with Crippen LogP contribution in [0.3, 0.4) is 0 Å². The van der Waals surface area contributed by atoms with E-state index in [-0.39, 0.29) is 0 Å². The molecular weight excluding hydrogens is 228 g/mol. The van der Waals surface area contributed by atoms with E-state index in [4.69, 9.17) is 9.15 Å². The second-order valence-electron chi connectivity index (χ2n) is 5.00. The predicted molar refractivity (Wildman–Crippen MR) is 69.8 cm³/mol. The zero-order valence-electron chi connectivity index (χ0n) is 10.8. The summed E-state index contributed by atoms with van der Waals surface area (Å²) < 4.78 is 11.1. The number of aliphatic hydroxyl groups excluding tert-OH is 1. The Morgan fingerprint density at radius 1 is 1.39 bits per heavy atom. The van der Waals surface area contributed by atoms with Crippen molar-refractivity contribution in [3.63, 3.8) is 0 Å². The molecule has 18 heavy (non-hydrogen) atoms. The summed E-state index contributed by atoms with van der Waals surface area (Å²) in [4.78, 5) is 0. The first-order valence-corrected chi connectivity index (χ1v) is 6.51. The Morgan fingerprint density at radius 3 is 2.78 bits per heavy atom. The van der Waals surface area contributed by atoms with Crippen LogP contribution >= 0.6 is 0 Å². The molecule has 1 N–H and O–H groups in total. The molecule has 1 aromatic heterocycles. The molecule has 0 amide bonds. The van der Waals surface area contributed by atoms with Crippen molar-refractivity contribution < 1.29 is 14.3 Å². The van der Waals surface area contributed by atoms with Crippen LogP contribution in [0.15, 0.2) is 22.6 Å². The van der Waals surface area contributed by atoms with Gasteiger partial charge < -0.3 is 14.3 Å². The maximum atomic E-state index is 10.1. The number of furan rings is 1. The van der Waals surface area contributed by atoms with Gasteiger partial charge in [0.25, 0.3) is 0 Å². The largest absolute Gasteiger partial charge is 0.493 e. The van der Waals surface area contributed by atoms with Crippen molar-refractivity contribution in [2.24, 2.45) is 5.92 Å². The van der Waals surface area contributed by atoms with Gasteiger partial charge in [-0.3, -0.25) is 0 Å². The molecule has 0 spiro atoms. The van der Waals surface area contributed by atoms with E-state index >= 15 is 0 Å². The van der Waals surface area contributed by atoms with Gasteiger partial charge in [-0.2, -0.15) is 0 Å². The summed E-state index contributed by atoms with van der Waals surface area (Å²) >= 11 is 0. The van der Waals surface area contributed by atoms with Crippen molar-refractivity contribution >= 4 is 11.0 Å². The first-order chi connectivity index (χ1) is 8.72. The minimum absolute atomic E-state index is 0.377. The molecule has 0 bridgehead atoms. The summed E-state index contributed by atoms with van der Waals surface area (Å²) in [5.74, 6) is 1.79. The molecule has 1 atom stereocenters. The van der Waals surface area contributed by atoms with Gasteiger partial charge >= 0.3 is 0 Å². The lowest BCUT2D eigenvalue weighted by atomic mass is 10.1. The Morgan fingerprint density at radius 2 is 2.17 bits per heavy atom. The van der Waals surface area contributed by atoms with E-state index in [0.717, 1.165) is 36.0 Å². The number of methoxy groups -OCH3 is 1. The highest BCUT2D eigenvalue weighted by Crippen LogP contribution is 2.43. The average molecular weight is 246 g/mol. The van der Waals surface area contributed by atoms with Crippen molar-refractivity contribution in [2.75, 3.05) is 7.11 Å². The molecular formula is C15H18O3. The van der Waals surface area contributed by atoms with E-state index in [9.17, 15) is 5.11 Å². The molecule has 0 radical (unpaired) electrons. The number of aryl methyl sites for hydroxylation is 1. The SMILES string of the molecule is CCc1cc(OC)c2oc(C(O)C3CC3)cc2c1. The highest BCUT2D eigenvalue weighted by molar-refractivity contribution is 5.84. The first-order valence-electron chi connectivity index (χ1n) is 6.51. The average Bonchev–Trinajstić information content (AvgIpc) is 3.15. The van der Waals surface area contributed by atoms with E-state index < -0.39 is 6.10 Å². The van der Waals surface area contributed by atoms with E-state index in [1.807, 2.05) is 12.1 Å². The Bertz CT molecular complexity index is 566. The van der Waals surface area contributed by atoms with Crippen LogP contribution in [-0.2, 0) is 6.42 Å². The molecule has 1 unspecified atom stereocenters. The monoisotopic (exact) mass is 246 g/mol. The van der Waals surface area contributed by atoms with Crippen molar-refractivity contribution in [3.05, 3.63) is 29.5 Å². The third-order valence-electron chi connectivity index (χ3n) is 3.65. The van der Waals surface area contributed by atoms with E-state index in [1.165, 1.54) is 5.56 Å². The van der Waals surface area contributed by atoms with Gasteiger partial charge in [-0.1, -0.05) is 6.92 Å². The molecule has 0 saturated heterocycles. The minimum Gasteiger partial charge on any atom is -0.493 e. The first kappa shape index (κ1) is 11.6. The fraction of sp³-hybridized carbons (Fsp3) is 0.467. The molecule has 3 nitrogen and oxygen atoms in total. The van der Waals surface area contributed by atoms with Crippen LogP contribution in [0.5, 0.6) is 5.75 Å². The smallest absolute Gasteiger partial charge is 0.176 e. The summed E-state index contributed by atoms with van der Waals surface area (Å²) in [6.45, 7) is 2.11. The third kappa shape index (κ3) is 1.89. The van der Waals surface area contributed by atoms with Crippen molar-refractivity contribution in [1.82, 2.24) is 0 Å². The number of fused-ring (bicyclic) bond motifs is 1. The number of ether oxygens (including phenoxy) is 1. The van der Waals surface area contributed by atoms with Crippen LogP contribution in [0.1, 0.15) is 37.2 Å². The molecule has 2 aromatic rings. The molecule has 1 aliphatic carbocycles. The predicted octanol–water partition coefficient (Wildman–Crippen LogP) is 3.45. The maximum absolute atomic E-state index is 10.1. The number of rotatable bonds is 4. The zero-order chi connectivity index (χ0) is 12.7. The fourth-order valence-corrected chi connectivity index (χ4v) is 2.35. The Balaban J connectivity index is 2.09. The molecule has 0 aliphatic heterocycles. The standard InChI is InChI=1S/C15H18O3/c1-3-9-6-11-8-12(14(16)10-4-5-10)18-15(11)13(7-9)17-2/h6-8,10,14,16H,3-5H2,1-2H3. The van der Waals surface area contributed by atoms with Gasteiger partial charge in [-0.15, -0.1) is 0 Å². The number of aliphatic hydroxyl groups is 1. The second kappa shape index (κ2) is 4.32. The van der Waals surface area contributed by atoms with Crippen LogP contribution < -0.4 is 4.74 Å². The second-order valence-corrected chi connectivity index (χ2v) is 5.00. The molecule has 96 valence electrons. The topological polar surface area (TPSA) is 42.6 Å². The molecule has 3 heteroatoms. The van der Waals surface area contributed by atoms with Gasteiger partial charge in [-0.05, 0) is 48.9 Å². The molecule has 1 fully saturated rings. The van der Waals surface area contributed by atoms with Crippen LogP contribution in [0.2, 0.25) is 0 Å². The molecule has 1 aliphatic rings. The minimum atomic E-state index is -0.466. The summed E-state index contributed by atoms with van der Waals surface area (Å²) in [7, 11) is 1.65. The van der Waals surface area contributed by atoms with Crippen molar-refractivity contribution in [2.45, 2.75) is 32.3 Å². The van der Waals surface area contributed by atoms with Gasteiger partial charge in [0.15, 0.2) is 11.3 Å². The van der Waals surface area contributed by atoms with Gasteiger partial charge in [0.1, 0.15) is 11.9 Å². The molecule has 1 heterocycles. The van der Waals surface area contributed by atoms with Crippen LogP contribution in [0.25, 0.3) is 11.0 Å². The normalized spacial score (nSPS) is 17.1. The summed E-state index contributed by atoms with van der Waals surface area (Å²) in [6.07, 6.45) is 2.68. The van der Waals surface area contributed by atoms with Crippen LogP contribution in [0.4, 0.5) is 0 Å². The van der Waals surface area contributed by atoms with E-state index in [0.29, 0.717) is 11.7 Å². The van der Waals surface area contributed by atoms with Gasteiger partial charge in [-0.25, -0.2) is 0 Å². The van der Waals surface area contributed by atoms with Gasteiger partial charge in [0, 0.05) is 5.39 Å². The number of hydrogen-bond acceptors (Lipinski definition) is 3. The molecule has 3 rings (SSSR count). The summed E-state index contributed by atoms with van der Waals surface area (Å²) in [5, 5.41) is 11.1. The fourth-order valence-electron chi connectivity index (χ4n) is 2.35. The maximum Gasteiger partial charge on any atom is 0.176 e. The quantitative estimate of drug-likeness (QED) is 0.898. The highest BCUT2D eigenvalue weighted by Gasteiger charge is 2.33. The van der Waals surface area contributed by atoms with Crippen LogP contribution in [0, 0.1) is 5.92 Å². The molecule has 1 aromatic carbocycles. The van der Waals surface area contributed by atoms with Crippen molar-refractivity contribution in [1.29, 1.82) is 0 Å². The molecule has 1 saturated carbocycles. The van der Waals surface area contributed by atoms with Crippen molar-refractivity contribution in [3.8, 4) is 5.75 Å². The van der Waals surface area contributed by atoms with E-state index in [2.05, 4.69) is 13.0 Å². The van der Waals surface area contributed by atoms with Crippen LogP contribution in [-0.4, -0.2) is 12.2 Å². The number of hydrogen-bond donors (Lipinski definition) is 1. The lowest BCUT2D eigenvalue weighted by Gasteiger charge is -2.04. The Kier molecular flexibility index (Phi) is 2.78. The van der Waals surface area contributed by atoms with E-state index in [1.54, 1.807) is 7.11 Å². The summed E-state index contributed by atoms with van der Waals surface area (Å²) in [5.41, 5.74) is 1.96. The zero-order valence-corrected chi connectivity index (χ0v) is 10.8. The highest BCUT2D eigenvalue weighted by atomic mass is 16.5. The number of benzene rings is 1. The lowest BCUT2D eigenvalue weighted by Crippen LogP contribution is -1.96. The summed E-state index contributed by atoms with van der Waals surface area (Å²) in [6, 6.07) is 6.05.